The van der Waals surface area contributed by atoms with Gasteiger partial charge in [0.05, 0.1) is 17.2 Å². The Kier molecular flexibility index (Phi) is 5.12. The SMILES string of the molecule is CCN(CCO)C(=O)c1cc(S)ccc1Cl. The Morgan fingerprint density at radius 2 is 2.25 bits per heavy atom. The van der Waals surface area contributed by atoms with Crippen LogP contribution in [0.1, 0.15) is 17.3 Å². The monoisotopic (exact) mass is 259 g/mol. The summed E-state index contributed by atoms with van der Waals surface area (Å²) < 4.78 is 0. The summed E-state index contributed by atoms with van der Waals surface area (Å²) in [5.41, 5.74) is 0.421. The van der Waals surface area contributed by atoms with Crippen LogP contribution in [0, 0.1) is 0 Å². The number of carbonyl (C=O) groups excluding carboxylic acids is 1. The Bertz CT molecular complexity index is 384. The minimum Gasteiger partial charge on any atom is -0.395 e. The zero-order valence-electron chi connectivity index (χ0n) is 8.98. The molecule has 0 bridgehead atoms. The molecule has 16 heavy (non-hydrogen) atoms. The van der Waals surface area contributed by atoms with E-state index >= 15 is 0 Å². The minimum atomic E-state index is -0.183. The number of nitrogens with zero attached hydrogens (tertiary/aromatic N) is 1. The highest BCUT2D eigenvalue weighted by Gasteiger charge is 2.16. The average Bonchev–Trinajstić information content (AvgIpc) is 2.28. The van der Waals surface area contributed by atoms with Gasteiger partial charge in [-0.3, -0.25) is 4.79 Å². The van der Waals surface area contributed by atoms with Gasteiger partial charge < -0.3 is 10.0 Å². The van der Waals surface area contributed by atoms with E-state index in [0.717, 1.165) is 0 Å². The van der Waals surface area contributed by atoms with Gasteiger partial charge >= 0.3 is 0 Å². The molecule has 1 N–H and O–H groups in total. The molecule has 0 fully saturated rings. The number of benzene rings is 1. The first-order chi connectivity index (χ1) is 7.60. The fourth-order valence-electron chi connectivity index (χ4n) is 1.37. The molecule has 0 aliphatic carbocycles. The van der Waals surface area contributed by atoms with Gasteiger partial charge in [0.1, 0.15) is 0 Å². The normalized spacial score (nSPS) is 10.2. The molecule has 0 heterocycles. The highest BCUT2D eigenvalue weighted by molar-refractivity contribution is 7.80. The van der Waals surface area contributed by atoms with Crippen LogP contribution in [0.5, 0.6) is 0 Å². The lowest BCUT2D eigenvalue weighted by Gasteiger charge is -2.20. The van der Waals surface area contributed by atoms with E-state index in [2.05, 4.69) is 12.6 Å². The largest absolute Gasteiger partial charge is 0.395 e. The molecule has 0 saturated heterocycles. The van der Waals surface area contributed by atoms with Crippen molar-refractivity contribution >= 4 is 30.1 Å². The van der Waals surface area contributed by atoms with Crippen molar-refractivity contribution in [3.63, 3.8) is 0 Å². The quantitative estimate of drug-likeness (QED) is 0.813. The molecule has 5 heteroatoms. The van der Waals surface area contributed by atoms with E-state index < -0.39 is 0 Å². The first kappa shape index (κ1) is 13.4. The highest BCUT2D eigenvalue weighted by atomic mass is 35.5. The third kappa shape index (κ3) is 3.14. The van der Waals surface area contributed by atoms with Crippen LogP contribution in [-0.4, -0.2) is 35.6 Å². The van der Waals surface area contributed by atoms with Gasteiger partial charge in [-0.05, 0) is 25.1 Å². The minimum absolute atomic E-state index is 0.0578. The molecule has 3 nitrogen and oxygen atoms in total. The molecular weight excluding hydrogens is 246 g/mol. The van der Waals surface area contributed by atoms with Gasteiger partial charge in [0.25, 0.3) is 5.91 Å². The predicted molar refractivity (Wildman–Crippen MR) is 67.4 cm³/mol. The van der Waals surface area contributed by atoms with Crippen molar-refractivity contribution in [1.29, 1.82) is 0 Å². The molecule has 0 aliphatic rings. The van der Waals surface area contributed by atoms with Gasteiger partial charge in [0.2, 0.25) is 0 Å². The van der Waals surface area contributed by atoms with E-state index in [1.54, 1.807) is 18.2 Å². The molecule has 1 aromatic rings. The number of likely N-dealkylation sites (N-methyl/N-ethyl adjacent to an activating group) is 1. The van der Waals surface area contributed by atoms with Gasteiger partial charge in [-0.25, -0.2) is 0 Å². The van der Waals surface area contributed by atoms with E-state index in [-0.39, 0.29) is 12.5 Å². The summed E-state index contributed by atoms with van der Waals surface area (Å²) in [7, 11) is 0. The van der Waals surface area contributed by atoms with Crippen molar-refractivity contribution in [2.45, 2.75) is 11.8 Å². The molecular formula is C11H14ClNO2S. The molecule has 1 aromatic carbocycles. The second-order valence-electron chi connectivity index (χ2n) is 3.27. The molecule has 1 amide bonds. The van der Waals surface area contributed by atoms with Gasteiger partial charge in [-0.1, -0.05) is 11.6 Å². The van der Waals surface area contributed by atoms with E-state index in [1.807, 2.05) is 6.92 Å². The smallest absolute Gasteiger partial charge is 0.255 e. The number of thiol groups is 1. The molecule has 0 spiro atoms. The van der Waals surface area contributed by atoms with Crippen LogP contribution in [0.15, 0.2) is 23.1 Å². The molecule has 0 atom stereocenters. The van der Waals surface area contributed by atoms with Crippen molar-refractivity contribution in [3.8, 4) is 0 Å². The van der Waals surface area contributed by atoms with E-state index in [9.17, 15) is 4.79 Å². The van der Waals surface area contributed by atoms with Gasteiger partial charge in [0.15, 0.2) is 0 Å². The maximum absolute atomic E-state index is 12.0. The number of hydrogen-bond acceptors (Lipinski definition) is 3. The first-order valence-electron chi connectivity index (χ1n) is 4.98. The zero-order valence-corrected chi connectivity index (χ0v) is 10.6. The fraction of sp³-hybridized carbons (Fsp3) is 0.364. The molecule has 0 aromatic heterocycles. The number of hydrogen-bond donors (Lipinski definition) is 2. The Hall–Kier alpha value is -0.710. The Labute approximate surface area is 105 Å². The van der Waals surface area contributed by atoms with Crippen molar-refractivity contribution < 1.29 is 9.90 Å². The molecule has 0 radical (unpaired) electrons. The highest BCUT2D eigenvalue weighted by Crippen LogP contribution is 2.21. The van der Waals surface area contributed by atoms with Crippen molar-refractivity contribution in [1.82, 2.24) is 4.90 Å². The summed E-state index contributed by atoms with van der Waals surface area (Å²) in [6, 6.07) is 5.00. The summed E-state index contributed by atoms with van der Waals surface area (Å²) in [6.45, 7) is 2.64. The Morgan fingerprint density at radius 1 is 1.56 bits per heavy atom. The summed E-state index contributed by atoms with van der Waals surface area (Å²) in [5.74, 6) is -0.183. The van der Waals surface area contributed by atoms with Crippen LogP contribution in [0.3, 0.4) is 0 Å². The number of rotatable bonds is 4. The van der Waals surface area contributed by atoms with Crippen LogP contribution in [-0.2, 0) is 0 Å². The van der Waals surface area contributed by atoms with Crippen molar-refractivity contribution in [3.05, 3.63) is 28.8 Å². The zero-order chi connectivity index (χ0) is 12.1. The standard InChI is InChI=1S/C11H14ClNO2S/c1-2-13(5-6-14)11(15)9-7-8(16)3-4-10(9)12/h3-4,7,14,16H,2,5-6H2,1H3. The van der Waals surface area contributed by atoms with E-state index in [4.69, 9.17) is 16.7 Å². The van der Waals surface area contributed by atoms with Crippen LogP contribution in [0.4, 0.5) is 0 Å². The van der Waals surface area contributed by atoms with Gasteiger partial charge in [-0.15, -0.1) is 12.6 Å². The third-order valence-electron chi connectivity index (χ3n) is 2.22. The lowest BCUT2D eigenvalue weighted by Crippen LogP contribution is -2.33. The van der Waals surface area contributed by atoms with Crippen molar-refractivity contribution in [2.75, 3.05) is 19.7 Å². The molecule has 0 unspecified atom stereocenters. The maximum Gasteiger partial charge on any atom is 0.255 e. The molecule has 88 valence electrons. The average molecular weight is 260 g/mol. The molecule has 1 rings (SSSR count). The number of carbonyl (C=O) groups is 1. The molecule has 0 saturated carbocycles. The number of amides is 1. The molecule has 0 aliphatic heterocycles. The number of aliphatic hydroxyl groups is 1. The fourth-order valence-corrected chi connectivity index (χ4v) is 1.77. The van der Waals surface area contributed by atoms with Crippen LogP contribution >= 0.6 is 24.2 Å². The summed E-state index contributed by atoms with van der Waals surface area (Å²) >= 11 is 10.1. The lowest BCUT2D eigenvalue weighted by molar-refractivity contribution is 0.0732. The number of halogens is 1. The Balaban J connectivity index is 2.98. The summed E-state index contributed by atoms with van der Waals surface area (Å²) in [5, 5.41) is 9.25. The van der Waals surface area contributed by atoms with E-state index in [0.29, 0.717) is 28.6 Å². The topological polar surface area (TPSA) is 40.5 Å². The van der Waals surface area contributed by atoms with E-state index in [1.165, 1.54) is 4.90 Å². The van der Waals surface area contributed by atoms with Crippen LogP contribution in [0.25, 0.3) is 0 Å². The van der Waals surface area contributed by atoms with Crippen LogP contribution < -0.4 is 0 Å². The van der Waals surface area contributed by atoms with Crippen molar-refractivity contribution in [2.24, 2.45) is 0 Å². The second kappa shape index (κ2) is 6.13. The first-order valence-corrected chi connectivity index (χ1v) is 5.81. The van der Waals surface area contributed by atoms with Gasteiger partial charge in [0, 0.05) is 18.0 Å². The third-order valence-corrected chi connectivity index (χ3v) is 2.83. The predicted octanol–water partition coefficient (Wildman–Crippen LogP) is 2.08. The second-order valence-corrected chi connectivity index (χ2v) is 4.20. The summed E-state index contributed by atoms with van der Waals surface area (Å²) in [4.78, 5) is 14.3. The number of aliphatic hydroxyl groups excluding tert-OH is 1. The maximum atomic E-state index is 12.0. The van der Waals surface area contributed by atoms with Crippen LogP contribution in [0.2, 0.25) is 5.02 Å². The Morgan fingerprint density at radius 3 is 2.81 bits per heavy atom. The lowest BCUT2D eigenvalue weighted by atomic mass is 10.2. The van der Waals surface area contributed by atoms with Gasteiger partial charge in [-0.2, -0.15) is 0 Å². The summed E-state index contributed by atoms with van der Waals surface area (Å²) in [6.07, 6.45) is 0.